The standard InChI is InChI=1S/C14H10N2O2/c17-11-15-13-7-4-2-1-3-5-8-14(16-12-18)10-6-9-13/h1-10H/b2-1-,3-1?,4-2?,5-3-,7-4-,8-5?,9-6?,10-6-,13-7?,13-9+,14-8+,14-10?. The van der Waals surface area contributed by atoms with Crippen molar-refractivity contribution in [3.05, 3.63) is 72.2 Å². The molecule has 0 aromatic rings. The second kappa shape index (κ2) is 8.36. The van der Waals surface area contributed by atoms with Crippen LogP contribution in [0.3, 0.4) is 0 Å². The van der Waals surface area contributed by atoms with Crippen molar-refractivity contribution < 1.29 is 9.59 Å². The zero-order valence-corrected chi connectivity index (χ0v) is 9.48. The lowest BCUT2D eigenvalue weighted by Gasteiger charge is -1.89. The molecule has 0 saturated carbocycles. The van der Waals surface area contributed by atoms with Crippen LogP contribution in [0, 0.1) is 0 Å². The van der Waals surface area contributed by atoms with Gasteiger partial charge in [-0.05, 0) is 24.3 Å². The molecule has 0 radical (unpaired) electrons. The second-order valence-electron chi connectivity index (χ2n) is 3.08. The van der Waals surface area contributed by atoms with Gasteiger partial charge in [0.1, 0.15) is 0 Å². The molecule has 4 nitrogen and oxygen atoms in total. The van der Waals surface area contributed by atoms with Crippen LogP contribution in [0.5, 0.6) is 0 Å². The van der Waals surface area contributed by atoms with Crippen LogP contribution < -0.4 is 0 Å². The van der Waals surface area contributed by atoms with Gasteiger partial charge in [-0.15, -0.1) is 0 Å². The van der Waals surface area contributed by atoms with Gasteiger partial charge in [0.25, 0.3) is 0 Å². The zero-order chi connectivity index (χ0) is 13.1. The number of hydrogen-bond acceptors (Lipinski definition) is 4. The van der Waals surface area contributed by atoms with Crippen LogP contribution in [0.1, 0.15) is 0 Å². The third kappa shape index (κ3) is 5.33. The Balaban J connectivity index is 3.12. The van der Waals surface area contributed by atoms with E-state index >= 15 is 0 Å². The van der Waals surface area contributed by atoms with Crippen LogP contribution in [0.15, 0.2) is 82.1 Å². The van der Waals surface area contributed by atoms with Crippen molar-refractivity contribution in [2.45, 2.75) is 0 Å². The van der Waals surface area contributed by atoms with E-state index in [2.05, 4.69) is 9.98 Å². The fraction of sp³-hybridized carbons (Fsp3) is 0. The zero-order valence-electron chi connectivity index (χ0n) is 9.48. The molecule has 1 rings (SSSR count). The fourth-order valence-electron chi connectivity index (χ4n) is 1.11. The Labute approximate surface area is 104 Å². The van der Waals surface area contributed by atoms with Gasteiger partial charge < -0.3 is 0 Å². The lowest BCUT2D eigenvalue weighted by molar-refractivity contribution is 0.564. The highest BCUT2D eigenvalue weighted by atomic mass is 16.1. The van der Waals surface area contributed by atoms with Crippen molar-refractivity contribution in [3.63, 3.8) is 0 Å². The van der Waals surface area contributed by atoms with E-state index in [0.717, 1.165) is 0 Å². The molecule has 0 unspecified atom stereocenters. The summed E-state index contributed by atoms with van der Waals surface area (Å²) in [7, 11) is 0. The Kier molecular flexibility index (Phi) is 6.16. The van der Waals surface area contributed by atoms with E-state index in [4.69, 9.17) is 0 Å². The second-order valence-corrected chi connectivity index (χ2v) is 3.08. The third-order valence-corrected chi connectivity index (χ3v) is 1.86. The first-order chi connectivity index (χ1) is 8.86. The van der Waals surface area contributed by atoms with Crippen LogP contribution in [0.4, 0.5) is 0 Å². The molecular weight excluding hydrogens is 228 g/mol. The molecule has 0 fully saturated rings. The van der Waals surface area contributed by atoms with Gasteiger partial charge in [-0.1, -0.05) is 36.5 Å². The van der Waals surface area contributed by atoms with E-state index in [1.54, 1.807) is 60.8 Å². The summed E-state index contributed by atoms with van der Waals surface area (Å²) in [6, 6.07) is 0. The molecule has 1 aliphatic carbocycles. The van der Waals surface area contributed by atoms with Gasteiger partial charge in [0.05, 0.1) is 11.4 Å². The first kappa shape index (κ1) is 13.3. The molecule has 0 heterocycles. The maximum absolute atomic E-state index is 10.2. The third-order valence-electron chi connectivity index (χ3n) is 1.86. The Morgan fingerprint density at radius 3 is 1.83 bits per heavy atom. The molecule has 0 saturated heterocycles. The van der Waals surface area contributed by atoms with Crippen molar-refractivity contribution in [3.8, 4) is 0 Å². The molecule has 0 aliphatic heterocycles. The van der Waals surface area contributed by atoms with Crippen LogP contribution in [-0.4, -0.2) is 12.2 Å². The average molecular weight is 238 g/mol. The molecule has 0 N–H and O–H groups in total. The van der Waals surface area contributed by atoms with E-state index in [9.17, 15) is 9.59 Å². The summed E-state index contributed by atoms with van der Waals surface area (Å²) < 4.78 is 0. The van der Waals surface area contributed by atoms with E-state index in [-0.39, 0.29) is 0 Å². The lowest BCUT2D eigenvalue weighted by atomic mass is 10.2. The predicted molar refractivity (Wildman–Crippen MR) is 69.0 cm³/mol. The summed E-state index contributed by atoms with van der Waals surface area (Å²) in [4.78, 5) is 27.5. The van der Waals surface area contributed by atoms with Crippen molar-refractivity contribution in [2.24, 2.45) is 9.98 Å². The minimum absolute atomic E-state index is 0.449. The molecule has 0 aromatic heterocycles. The van der Waals surface area contributed by atoms with E-state index in [1.807, 2.05) is 0 Å². The van der Waals surface area contributed by atoms with Crippen LogP contribution >= 0.6 is 0 Å². The highest BCUT2D eigenvalue weighted by molar-refractivity contribution is 5.43. The maximum Gasteiger partial charge on any atom is 0.240 e. The highest BCUT2D eigenvalue weighted by Crippen LogP contribution is 2.04. The van der Waals surface area contributed by atoms with E-state index < -0.39 is 0 Å². The smallest absolute Gasteiger partial charge is 0.211 e. The SMILES string of the molecule is O=C=NC1=C/C=C\C(N=C=O)=C/C=C\C=C/C=C\1. The minimum Gasteiger partial charge on any atom is -0.211 e. The van der Waals surface area contributed by atoms with E-state index in [1.165, 1.54) is 12.2 Å². The average Bonchev–Trinajstić information content (AvgIpc) is 2.35. The molecular formula is C14H10N2O2. The number of allylic oxidation sites excluding steroid dienone is 10. The van der Waals surface area contributed by atoms with Gasteiger partial charge in [-0.25, -0.2) is 9.59 Å². The molecule has 1 aliphatic rings. The first-order valence-corrected chi connectivity index (χ1v) is 5.12. The van der Waals surface area contributed by atoms with Crippen molar-refractivity contribution in [1.82, 2.24) is 0 Å². The minimum atomic E-state index is 0.449. The number of nitrogens with zero attached hydrogens (tertiary/aromatic N) is 2. The normalized spacial score (nSPS) is 27.3. The molecule has 88 valence electrons. The van der Waals surface area contributed by atoms with Crippen LogP contribution in [0.2, 0.25) is 0 Å². The summed E-state index contributed by atoms with van der Waals surface area (Å²) >= 11 is 0. The number of isocyanates is 2. The van der Waals surface area contributed by atoms with Crippen LogP contribution in [0.25, 0.3) is 0 Å². The van der Waals surface area contributed by atoms with Gasteiger partial charge in [0.2, 0.25) is 12.2 Å². The number of carbonyl (C=O) groups excluding carboxylic acids is 2. The molecule has 0 atom stereocenters. The summed E-state index contributed by atoms with van der Waals surface area (Å²) in [5, 5.41) is 0. The van der Waals surface area contributed by atoms with Gasteiger partial charge in [0, 0.05) is 0 Å². The fourth-order valence-corrected chi connectivity index (χ4v) is 1.11. The Hall–Kier alpha value is -2.80. The van der Waals surface area contributed by atoms with Crippen LogP contribution in [-0.2, 0) is 9.59 Å². The monoisotopic (exact) mass is 238 g/mol. The van der Waals surface area contributed by atoms with Crippen molar-refractivity contribution in [1.29, 1.82) is 0 Å². The van der Waals surface area contributed by atoms with Crippen molar-refractivity contribution in [2.75, 3.05) is 0 Å². The summed E-state index contributed by atoms with van der Waals surface area (Å²) in [5.74, 6) is 0. The molecule has 0 bridgehead atoms. The lowest BCUT2D eigenvalue weighted by Crippen LogP contribution is -1.73. The quantitative estimate of drug-likeness (QED) is 0.548. The Bertz CT molecular complexity index is 547. The summed E-state index contributed by atoms with van der Waals surface area (Å²) in [6.45, 7) is 0. The summed E-state index contributed by atoms with van der Waals surface area (Å²) in [5.41, 5.74) is 0.898. The summed E-state index contributed by atoms with van der Waals surface area (Å²) in [6.07, 6.45) is 20.0. The molecule has 0 amide bonds. The number of hydrogen-bond donors (Lipinski definition) is 0. The highest BCUT2D eigenvalue weighted by Gasteiger charge is 1.87. The van der Waals surface area contributed by atoms with Gasteiger partial charge in [0.15, 0.2) is 0 Å². The van der Waals surface area contributed by atoms with E-state index in [0.29, 0.717) is 11.4 Å². The molecule has 18 heavy (non-hydrogen) atoms. The Morgan fingerprint density at radius 1 is 0.667 bits per heavy atom. The maximum atomic E-state index is 10.2. The van der Waals surface area contributed by atoms with Gasteiger partial charge in [-0.3, -0.25) is 0 Å². The van der Waals surface area contributed by atoms with Gasteiger partial charge >= 0.3 is 0 Å². The van der Waals surface area contributed by atoms with Gasteiger partial charge in [-0.2, -0.15) is 9.98 Å². The first-order valence-electron chi connectivity index (χ1n) is 5.12. The molecule has 0 spiro atoms. The predicted octanol–water partition coefficient (Wildman–Crippen LogP) is 2.66. The Morgan fingerprint density at radius 2 is 1.17 bits per heavy atom. The largest absolute Gasteiger partial charge is 0.240 e. The topological polar surface area (TPSA) is 58.9 Å². The molecule has 4 heteroatoms. The molecule has 0 aromatic carbocycles. The number of rotatable bonds is 2. The number of aliphatic imine (C=N–C) groups is 2. The van der Waals surface area contributed by atoms with Crippen molar-refractivity contribution >= 4 is 12.2 Å².